The van der Waals surface area contributed by atoms with Gasteiger partial charge in [-0.05, 0) is 31.4 Å². The van der Waals surface area contributed by atoms with E-state index in [2.05, 4.69) is 5.32 Å². The summed E-state index contributed by atoms with van der Waals surface area (Å²) in [6.45, 7) is 0.917. The van der Waals surface area contributed by atoms with Crippen molar-refractivity contribution in [3.8, 4) is 0 Å². The first-order valence-electron chi connectivity index (χ1n) is 7.78. The Bertz CT molecular complexity index is 562. The first-order valence-corrected chi connectivity index (χ1v) is 7.78. The van der Waals surface area contributed by atoms with Crippen molar-refractivity contribution in [2.24, 2.45) is 5.73 Å². The average molecular weight is 382 g/mol. The van der Waals surface area contributed by atoms with Gasteiger partial charge in [-0.2, -0.15) is 0 Å². The lowest BCUT2D eigenvalue weighted by Gasteiger charge is -2.25. The smallest absolute Gasteiger partial charge is 0.240 e. The fourth-order valence-electron chi connectivity index (χ4n) is 3.43. The molecule has 1 amide bonds. The van der Waals surface area contributed by atoms with E-state index in [1.807, 2.05) is 0 Å². The van der Waals surface area contributed by atoms with E-state index in [1.54, 1.807) is 4.90 Å². The maximum atomic E-state index is 13.8. The second-order valence-electron chi connectivity index (χ2n) is 6.34. The van der Waals surface area contributed by atoms with Gasteiger partial charge in [-0.1, -0.05) is 18.9 Å². The first kappa shape index (κ1) is 20.9. The molecule has 0 spiro atoms. The largest absolute Gasteiger partial charge is 0.365 e. The molecular weight excluding hydrogens is 359 g/mol. The van der Waals surface area contributed by atoms with Gasteiger partial charge in [-0.25, -0.2) is 8.78 Å². The number of hydrogen-bond donors (Lipinski definition) is 2. The molecule has 1 aliphatic carbocycles. The zero-order valence-electron chi connectivity index (χ0n) is 13.3. The molecule has 1 heterocycles. The molecule has 1 aliphatic heterocycles. The van der Waals surface area contributed by atoms with Crippen molar-refractivity contribution in [2.45, 2.75) is 43.7 Å². The third-order valence-corrected chi connectivity index (χ3v) is 4.73. The molecule has 1 saturated carbocycles. The minimum Gasteiger partial charge on any atom is -0.365 e. The highest BCUT2D eigenvalue weighted by molar-refractivity contribution is 5.86. The Morgan fingerprint density at radius 3 is 2.38 bits per heavy atom. The predicted molar refractivity (Wildman–Crippen MR) is 95.0 cm³/mol. The fraction of sp³-hybridized carbons (Fsp3) is 0.562. The van der Waals surface area contributed by atoms with E-state index in [4.69, 9.17) is 5.73 Å². The van der Waals surface area contributed by atoms with E-state index in [1.165, 1.54) is 18.2 Å². The van der Waals surface area contributed by atoms with E-state index in [-0.39, 0.29) is 42.5 Å². The number of nitrogens with one attached hydrogen (secondary N) is 1. The Morgan fingerprint density at radius 2 is 1.79 bits per heavy atom. The highest BCUT2D eigenvalue weighted by Gasteiger charge is 2.39. The molecule has 8 heteroatoms. The molecular formula is C16H23Cl2F2N3O. The highest BCUT2D eigenvalue weighted by atomic mass is 35.5. The number of carbonyl (C=O) groups excluding carboxylic acids is 1. The number of anilines is 1. The number of nitrogens with zero attached hydrogens (tertiary/aromatic N) is 1. The molecule has 3 N–H and O–H groups in total. The highest BCUT2D eigenvalue weighted by Crippen LogP contribution is 2.29. The van der Waals surface area contributed by atoms with Crippen LogP contribution in [0.2, 0.25) is 0 Å². The summed E-state index contributed by atoms with van der Waals surface area (Å²) in [5.41, 5.74) is 5.35. The van der Waals surface area contributed by atoms with Crippen LogP contribution in [0.15, 0.2) is 18.2 Å². The summed E-state index contributed by atoms with van der Waals surface area (Å²) >= 11 is 0. The molecule has 1 saturated heterocycles. The van der Waals surface area contributed by atoms with E-state index < -0.39 is 17.2 Å². The monoisotopic (exact) mass is 381 g/mol. The summed E-state index contributed by atoms with van der Waals surface area (Å²) in [4.78, 5) is 13.9. The third-order valence-electron chi connectivity index (χ3n) is 4.73. The normalized spacial score (nSPS) is 21.8. The van der Waals surface area contributed by atoms with E-state index in [0.29, 0.717) is 32.4 Å². The van der Waals surface area contributed by atoms with Gasteiger partial charge in [0.25, 0.3) is 0 Å². The van der Waals surface area contributed by atoms with Gasteiger partial charge in [-0.3, -0.25) is 4.79 Å². The Balaban J connectivity index is 0.00000144. The molecule has 4 nitrogen and oxygen atoms in total. The second-order valence-corrected chi connectivity index (χ2v) is 6.34. The molecule has 0 aromatic heterocycles. The lowest BCUT2D eigenvalue weighted by Crippen LogP contribution is -2.54. The van der Waals surface area contributed by atoms with Gasteiger partial charge in [0.2, 0.25) is 5.91 Å². The SMILES string of the molecule is Cl.Cl.NC1(C(=O)NC2CCN(c3c(F)cccc3F)C2)CCCC1. The maximum Gasteiger partial charge on any atom is 0.240 e. The van der Waals surface area contributed by atoms with Crippen molar-refractivity contribution in [3.05, 3.63) is 29.8 Å². The van der Waals surface area contributed by atoms with Crippen LogP contribution in [-0.2, 0) is 4.79 Å². The van der Waals surface area contributed by atoms with Crippen LogP contribution < -0.4 is 16.0 Å². The first-order chi connectivity index (χ1) is 10.5. The summed E-state index contributed by atoms with van der Waals surface area (Å²) < 4.78 is 27.6. The number of halogens is 4. The van der Waals surface area contributed by atoms with Crippen LogP contribution >= 0.6 is 24.8 Å². The molecule has 0 bridgehead atoms. The summed E-state index contributed by atoms with van der Waals surface area (Å²) in [5, 5.41) is 2.95. The van der Waals surface area contributed by atoms with Crippen molar-refractivity contribution in [1.82, 2.24) is 5.32 Å². The fourth-order valence-corrected chi connectivity index (χ4v) is 3.43. The maximum absolute atomic E-state index is 13.8. The zero-order valence-corrected chi connectivity index (χ0v) is 14.9. The third kappa shape index (κ3) is 4.10. The number of rotatable bonds is 3. The van der Waals surface area contributed by atoms with Crippen molar-refractivity contribution < 1.29 is 13.6 Å². The molecule has 0 radical (unpaired) electrons. The summed E-state index contributed by atoms with van der Waals surface area (Å²) in [7, 11) is 0. The number of nitrogens with two attached hydrogens (primary N) is 1. The van der Waals surface area contributed by atoms with Crippen LogP contribution in [0.4, 0.5) is 14.5 Å². The van der Waals surface area contributed by atoms with Crippen LogP contribution in [0, 0.1) is 11.6 Å². The summed E-state index contributed by atoms with van der Waals surface area (Å²) in [5.74, 6) is -1.28. The van der Waals surface area contributed by atoms with E-state index in [0.717, 1.165) is 12.8 Å². The molecule has 1 atom stereocenters. The Hall–Kier alpha value is -1.11. The van der Waals surface area contributed by atoms with Gasteiger partial charge >= 0.3 is 0 Å². The standard InChI is InChI=1S/C16H21F2N3O.2ClH/c17-12-4-3-5-13(18)14(12)21-9-6-11(10-21)20-15(22)16(19)7-1-2-8-16;;/h3-5,11H,1-2,6-10,19H2,(H,20,22);2*1H. The number of benzene rings is 1. The van der Waals surface area contributed by atoms with Crippen LogP contribution in [0.1, 0.15) is 32.1 Å². The van der Waals surface area contributed by atoms with Crippen LogP contribution in [0.3, 0.4) is 0 Å². The summed E-state index contributed by atoms with van der Waals surface area (Å²) in [6, 6.07) is 3.73. The molecule has 24 heavy (non-hydrogen) atoms. The number of amides is 1. The van der Waals surface area contributed by atoms with Crippen LogP contribution in [0.25, 0.3) is 0 Å². The zero-order chi connectivity index (χ0) is 15.7. The van der Waals surface area contributed by atoms with Gasteiger partial charge < -0.3 is 16.0 Å². The lowest BCUT2D eigenvalue weighted by molar-refractivity contribution is -0.126. The molecule has 1 aromatic carbocycles. The minimum atomic E-state index is -0.767. The summed E-state index contributed by atoms with van der Waals surface area (Å²) in [6.07, 6.45) is 4.02. The number of hydrogen-bond acceptors (Lipinski definition) is 3. The van der Waals surface area contributed by atoms with Gasteiger partial charge in [0.1, 0.15) is 17.3 Å². The van der Waals surface area contributed by atoms with Gasteiger partial charge in [0.15, 0.2) is 0 Å². The Kier molecular flexibility index (Phi) is 7.25. The van der Waals surface area contributed by atoms with Crippen molar-refractivity contribution in [2.75, 3.05) is 18.0 Å². The van der Waals surface area contributed by atoms with Gasteiger partial charge in [0, 0.05) is 19.1 Å². The molecule has 136 valence electrons. The van der Waals surface area contributed by atoms with Gasteiger partial charge in [0.05, 0.1) is 5.54 Å². The molecule has 2 aliphatic rings. The van der Waals surface area contributed by atoms with Crippen molar-refractivity contribution >= 4 is 36.4 Å². The number of para-hydroxylation sites is 1. The average Bonchev–Trinajstić information content (AvgIpc) is 3.09. The molecule has 1 unspecified atom stereocenters. The topological polar surface area (TPSA) is 58.4 Å². The van der Waals surface area contributed by atoms with Crippen molar-refractivity contribution in [3.63, 3.8) is 0 Å². The number of carbonyl (C=O) groups is 1. The minimum absolute atomic E-state index is 0. The quantitative estimate of drug-likeness (QED) is 0.845. The van der Waals surface area contributed by atoms with Gasteiger partial charge in [-0.15, -0.1) is 24.8 Å². The Morgan fingerprint density at radius 1 is 1.21 bits per heavy atom. The predicted octanol–water partition coefficient (Wildman–Crippen LogP) is 2.77. The van der Waals surface area contributed by atoms with Crippen molar-refractivity contribution in [1.29, 1.82) is 0 Å². The molecule has 2 fully saturated rings. The van der Waals surface area contributed by atoms with Crippen LogP contribution in [-0.4, -0.2) is 30.6 Å². The van der Waals surface area contributed by atoms with E-state index in [9.17, 15) is 13.6 Å². The molecule has 1 aromatic rings. The van der Waals surface area contributed by atoms with E-state index >= 15 is 0 Å². The Labute approximate surface area is 153 Å². The molecule has 3 rings (SSSR count). The van der Waals surface area contributed by atoms with Crippen LogP contribution in [0.5, 0.6) is 0 Å². The second kappa shape index (κ2) is 8.32. The lowest BCUT2D eigenvalue weighted by atomic mass is 9.97.